The summed E-state index contributed by atoms with van der Waals surface area (Å²) in [7, 11) is 0. The highest BCUT2D eigenvalue weighted by molar-refractivity contribution is 8.14. The maximum absolute atomic E-state index is 15.2. The van der Waals surface area contributed by atoms with Gasteiger partial charge in [0.05, 0.1) is 6.20 Å². The molecule has 0 saturated heterocycles. The molecule has 1 aromatic carbocycles. The van der Waals surface area contributed by atoms with Crippen molar-refractivity contribution in [3.63, 3.8) is 0 Å². The summed E-state index contributed by atoms with van der Waals surface area (Å²) in [5.41, 5.74) is 4.63. The number of hydrogen-bond donors (Lipinski definition) is 2. The Morgan fingerprint density at radius 2 is 2.13 bits per heavy atom. The molecule has 1 aromatic heterocycles. The van der Waals surface area contributed by atoms with E-state index < -0.39 is 35.5 Å². The van der Waals surface area contributed by atoms with Crippen LogP contribution in [0.5, 0.6) is 5.75 Å². The number of aliphatic imine (C=N–C) groups is 1. The molecule has 160 valence electrons. The van der Waals surface area contributed by atoms with Crippen LogP contribution in [0.2, 0.25) is 0 Å². The van der Waals surface area contributed by atoms with Crippen molar-refractivity contribution in [1.29, 1.82) is 0 Å². The molecule has 0 spiro atoms. The maximum Gasteiger partial charge on any atom is 0.274 e. The number of benzene rings is 1. The first kappa shape index (κ1) is 21.9. The number of anilines is 1. The number of pyridine rings is 1. The molecule has 6 nitrogen and oxygen atoms in total. The van der Waals surface area contributed by atoms with Crippen LogP contribution >= 0.6 is 11.8 Å². The standard InChI is InChI=1S/C20H21F3N4O2S/c1-3-16-17(23)20(2,27-19(24)30-16)13-8-11(4-6-14(13)22)26-18(28)15-7-5-12(9-25-15)29-10-21/h4-9,16-17H,3,10H2,1-2H3,(H2,24,27)(H,26,28)/t16-,17+,20-/m1/s1. The number of ether oxygens (including phenoxy) is 1. The quantitative estimate of drug-likeness (QED) is 0.707. The minimum atomic E-state index is -1.52. The van der Waals surface area contributed by atoms with Gasteiger partial charge >= 0.3 is 0 Å². The van der Waals surface area contributed by atoms with Crippen LogP contribution in [0.15, 0.2) is 41.5 Å². The minimum Gasteiger partial charge on any atom is -0.461 e. The van der Waals surface area contributed by atoms with Crippen LogP contribution in [-0.2, 0) is 5.54 Å². The molecule has 0 unspecified atom stereocenters. The van der Waals surface area contributed by atoms with Crippen LogP contribution < -0.4 is 15.8 Å². The molecule has 3 rings (SSSR count). The van der Waals surface area contributed by atoms with Crippen molar-refractivity contribution in [3.8, 4) is 5.75 Å². The molecule has 0 saturated carbocycles. The zero-order valence-electron chi connectivity index (χ0n) is 16.4. The second-order valence-electron chi connectivity index (χ2n) is 6.85. The van der Waals surface area contributed by atoms with Crippen molar-refractivity contribution in [3.05, 3.63) is 53.6 Å². The predicted molar refractivity (Wildman–Crippen MR) is 111 cm³/mol. The third-order valence-corrected chi connectivity index (χ3v) is 6.05. The number of carbonyl (C=O) groups is 1. The lowest BCUT2D eigenvalue weighted by Gasteiger charge is -2.38. The van der Waals surface area contributed by atoms with Crippen molar-refractivity contribution < 1.29 is 22.7 Å². The van der Waals surface area contributed by atoms with Gasteiger partial charge in [-0.1, -0.05) is 18.7 Å². The Morgan fingerprint density at radius 3 is 2.77 bits per heavy atom. The highest BCUT2D eigenvalue weighted by Gasteiger charge is 2.46. The van der Waals surface area contributed by atoms with Gasteiger partial charge in [0.1, 0.15) is 29.0 Å². The van der Waals surface area contributed by atoms with Gasteiger partial charge in [-0.3, -0.25) is 4.79 Å². The first-order valence-electron chi connectivity index (χ1n) is 9.20. The highest BCUT2D eigenvalue weighted by atomic mass is 32.2. The Morgan fingerprint density at radius 1 is 1.37 bits per heavy atom. The Balaban J connectivity index is 1.88. The third kappa shape index (κ3) is 4.38. The summed E-state index contributed by atoms with van der Waals surface area (Å²) in [6, 6.07) is 6.60. The molecule has 2 heterocycles. The largest absolute Gasteiger partial charge is 0.461 e. The van der Waals surface area contributed by atoms with E-state index in [1.54, 1.807) is 0 Å². The van der Waals surface area contributed by atoms with Gasteiger partial charge in [-0.15, -0.1) is 0 Å². The smallest absolute Gasteiger partial charge is 0.274 e. The number of nitrogens with two attached hydrogens (primary N) is 1. The van der Waals surface area contributed by atoms with Gasteiger partial charge in [0.25, 0.3) is 5.91 Å². The molecular weight excluding hydrogens is 417 g/mol. The first-order chi connectivity index (χ1) is 14.3. The molecule has 30 heavy (non-hydrogen) atoms. The lowest BCUT2D eigenvalue weighted by atomic mass is 9.84. The molecule has 1 aliphatic heterocycles. The van der Waals surface area contributed by atoms with E-state index in [0.29, 0.717) is 6.42 Å². The normalized spacial score (nSPS) is 23.6. The summed E-state index contributed by atoms with van der Waals surface area (Å²) in [5, 5.41) is 2.32. The zero-order chi connectivity index (χ0) is 21.9. The van der Waals surface area contributed by atoms with Crippen LogP contribution in [0.25, 0.3) is 0 Å². The van der Waals surface area contributed by atoms with Crippen LogP contribution in [-0.4, -0.2) is 34.3 Å². The summed E-state index contributed by atoms with van der Waals surface area (Å²) in [6.45, 7) is 2.31. The predicted octanol–water partition coefficient (Wildman–Crippen LogP) is 4.17. The zero-order valence-corrected chi connectivity index (χ0v) is 17.2. The molecule has 3 atom stereocenters. The van der Waals surface area contributed by atoms with E-state index in [4.69, 9.17) is 5.73 Å². The summed E-state index contributed by atoms with van der Waals surface area (Å²) < 4.78 is 46.7. The number of hydrogen-bond acceptors (Lipinski definition) is 6. The summed E-state index contributed by atoms with van der Waals surface area (Å²) in [5.74, 6) is -1.05. The lowest BCUT2D eigenvalue weighted by molar-refractivity contribution is 0.102. The molecular formula is C20H21F3N4O2S. The SMILES string of the molecule is CC[C@H]1SC(N)=N[C@](C)(c2cc(NC(=O)c3ccc(OCF)cn3)ccc2F)[C@H]1F. The number of halogens is 3. The third-order valence-electron chi connectivity index (χ3n) is 4.84. The van der Waals surface area contributed by atoms with Crippen molar-refractivity contribution in [2.45, 2.75) is 37.2 Å². The number of amidine groups is 1. The topological polar surface area (TPSA) is 89.6 Å². The monoisotopic (exact) mass is 438 g/mol. The van der Waals surface area contributed by atoms with E-state index in [-0.39, 0.29) is 27.9 Å². The Bertz CT molecular complexity index is 958. The number of amides is 1. The Labute approximate surface area is 176 Å². The molecule has 0 radical (unpaired) electrons. The average Bonchev–Trinajstić information content (AvgIpc) is 2.72. The number of thioether (sulfide) groups is 1. The fourth-order valence-electron chi connectivity index (χ4n) is 3.24. The molecule has 0 bridgehead atoms. The number of alkyl halides is 2. The second-order valence-corrected chi connectivity index (χ2v) is 8.10. The highest BCUT2D eigenvalue weighted by Crippen LogP contribution is 2.43. The number of nitrogens with one attached hydrogen (secondary N) is 1. The minimum absolute atomic E-state index is 0.00541. The van der Waals surface area contributed by atoms with Gasteiger partial charge in [0.15, 0.2) is 5.17 Å². The van der Waals surface area contributed by atoms with E-state index >= 15 is 4.39 Å². The van der Waals surface area contributed by atoms with Gasteiger partial charge in [0, 0.05) is 16.5 Å². The van der Waals surface area contributed by atoms with Crippen LogP contribution in [0.4, 0.5) is 18.9 Å². The fourth-order valence-corrected chi connectivity index (χ4v) is 4.35. The molecule has 3 N–H and O–H groups in total. The molecule has 0 aliphatic carbocycles. The van der Waals surface area contributed by atoms with Gasteiger partial charge in [0.2, 0.25) is 6.86 Å². The number of carbonyl (C=O) groups excluding carboxylic acids is 1. The fraction of sp³-hybridized carbons (Fsp3) is 0.350. The summed E-state index contributed by atoms with van der Waals surface area (Å²) in [6.07, 6.45) is 0.246. The van der Waals surface area contributed by atoms with Crippen LogP contribution in [0.1, 0.15) is 36.3 Å². The van der Waals surface area contributed by atoms with Gasteiger partial charge in [-0.2, -0.15) is 0 Å². The number of rotatable bonds is 6. The van der Waals surface area contributed by atoms with Crippen LogP contribution in [0, 0.1) is 5.82 Å². The maximum atomic E-state index is 15.2. The average molecular weight is 438 g/mol. The molecule has 1 amide bonds. The Hall–Kier alpha value is -2.75. The Kier molecular flexibility index (Phi) is 6.55. The second kappa shape index (κ2) is 8.95. The lowest BCUT2D eigenvalue weighted by Crippen LogP contribution is -2.45. The van der Waals surface area contributed by atoms with E-state index in [0.717, 1.165) is 17.8 Å². The molecule has 1 aliphatic rings. The van der Waals surface area contributed by atoms with E-state index in [1.807, 2.05) is 6.92 Å². The summed E-state index contributed by atoms with van der Waals surface area (Å²) >= 11 is 1.13. The van der Waals surface area contributed by atoms with Gasteiger partial charge < -0.3 is 15.8 Å². The van der Waals surface area contributed by atoms with E-state index in [9.17, 15) is 13.6 Å². The van der Waals surface area contributed by atoms with Gasteiger partial charge in [-0.25, -0.2) is 23.1 Å². The van der Waals surface area contributed by atoms with Crippen molar-refractivity contribution in [2.75, 3.05) is 12.2 Å². The molecule has 10 heteroatoms. The van der Waals surface area contributed by atoms with Gasteiger partial charge in [-0.05, 0) is 43.7 Å². The van der Waals surface area contributed by atoms with Crippen LogP contribution in [0.3, 0.4) is 0 Å². The van der Waals surface area contributed by atoms with E-state index in [2.05, 4.69) is 20.0 Å². The first-order valence-corrected chi connectivity index (χ1v) is 10.1. The van der Waals surface area contributed by atoms with E-state index in [1.165, 1.54) is 37.4 Å². The summed E-state index contributed by atoms with van der Waals surface area (Å²) in [4.78, 5) is 20.5. The van der Waals surface area contributed by atoms with Crippen molar-refractivity contribution in [2.24, 2.45) is 10.7 Å². The molecule has 0 fully saturated rings. The van der Waals surface area contributed by atoms with Crippen molar-refractivity contribution in [1.82, 2.24) is 4.98 Å². The molecule has 2 aromatic rings. The number of nitrogens with zero attached hydrogens (tertiary/aromatic N) is 2. The number of aromatic nitrogens is 1. The van der Waals surface area contributed by atoms with Crippen molar-refractivity contribution >= 4 is 28.5 Å².